The van der Waals surface area contributed by atoms with Crippen LogP contribution in [0.5, 0.6) is 0 Å². The van der Waals surface area contributed by atoms with E-state index in [1.807, 2.05) is 0 Å². The summed E-state index contributed by atoms with van der Waals surface area (Å²) in [4.78, 5) is 0. The fourth-order valence-electron chi connectivity index (χ4n) is 5.99. The Labute approximate surface area is 193 Å². The van der Waals surface area contributed by atoms with Crippen LogP contribution in [0.2, 0.25) is 0 Å². The molecule has 0 spiro atoms. The minimum atomic E-state index is 0.961. The molecule has 0 saturated heterocycles. The number of rotatable bonds is 23. The maximum Gasteiger partial charge on any atom is -0.0355 e. The quantitative estimate of drug-likeness (QED) is 0.144. The molecular weight excluding hydrogens is 360 g/mol. The Hall–Kier alpha value is 0. The highest BCUT2D eigenvalue weighted by atomic mass is 14.4. The highest BCUT2D eigenvalue weighted by Crippen LogP contribution is 2.42. The second-order valence-electron chi connectivity index (χ2n) is 10.4. The normalized spacial score (nSPS) is 14.0. The number of hydrogen-bond acceptors (Lipinski definition) is 0. The maximum atomic E-state index is 2.47. The van der Waals surface area contributed by atoms with Crippen molar-refractivity contribution in [2.45, 2.75) is 170 Å². The van der Waals surface area contributed by atoms with E-state index in [0.29, 0.717) is 0 Å². The van der Waals surface area contributed by atoms with E-state index in [2.05, 4.69) is 41.5 Å². The molecule has 0 fully saturated rings. The van der Waals surface area contributed by atoms with Crippen LogP contribution in [0.3, 0.4) is 0 Å². The van der Waals surface area contributed by atoms with Crippen LogP contribution in [0, 0.1) is 23.7 Å². The lowest BCUT2D eigenvalue weighted by molar-refractivity contribution is 0.112. The summed E-state index contributed by atoms with van der Waals surface area (Å²) >= 11 is 0. The van der Waals surface area contributed by atoms with Crippen molar-refractivity contribution in [1.29, 1.82) is 0 Å². The Bertz CT molecular complexity index is 306. The molecule has 0 aliphatic heterocycles. The summed E-state index contributed by atoms with van der Waals surface area (Å²) in [6, 6.07) is 0. The molecule has 30 heavy (non-hydrogen) atoms. The molecule has 0 radical (unpaired) electrons. The summed E-state index contributed by atoms with van der Waals surface area (Å²) in [6.07, 6.45) is 29.0. The largest absolute Gasteiger partial charge is 0.0654 e. The molecule has 0 aromatic heterocycles. The van der Waals surface area contributed by atoms with Crippen molar-refractivity contribution in [2.75, 3.05) is 0 Å². The first-order chi connectivity index (χ1) is 14.7. The Morgan fingerprint density at radius 3 is 1.10 bits per heavy atom. The zero-order valence-corrected chi connectivity index (χ0v) is 22.5. The standard InChI is InChI=1S/C30H62/c1-7-13-17-18-22-26-30(28(23-19-14-8-2)24-20-15-9-3)29(25-21-16-10-4)27(11-5)12-6/h27-30H,7-26H2,1-6H3. The molecule has 0 saturated carbocycles. The van der Waals surface area contributed by atoms with E-state index in [4.69, 9.17) is 0 Å². The number of unbranched alkanes of at least 4 members (excludes halogenated alkanes) is 10. The lowest BCUT2D eigenvalue weighted by Crippen LogP contribution is -2.30. The van der Waals surface area contributed by atoms with Gasteiger partial charge in [-0.15, -0.1) is 0 Å². The molecule has 2 atom stereocenters. The first kappa shape index (κ1) is 30.0. The van der Waals surface area contributed by atoms with Gasteiger partial charge in [-0.05, 0) is 36.5 Å². The first-order valence-electron chi connectivity index (χ1n) is 14.7. The minimum Gasteiger partial charge on any atom is -0.0654 e. The van der Waals surface area contributed by atoms with Crippen LogP contribution < -0.4 is 0 Å². The van der Waals surface area contributed by atoms with E-state index in [0.717, 1.165) is 23.7 Å². The average Bonchev–Trinajstić information content (AvgIpc) is 2.76. The van der Waals surface area contributed by atoms with E-state index in [9.17, 15) is 0 Å². The minimum absolute atomic E-state index is 0.961. The second kappa shape index (κ2) is 22.2. The van der Waals surface area contributed by atoms with E-state index < -0.39 is 0 Å². The Morgan fingerprint density at radius 2 is 0.667 bits per heavy atom. The summed E-state index contributed by atoms with van der Waals surface area (Å²) in [5.74, 6) is 3.96. The van der Waals surface area contributed by atoms with Gasteiger partial charge in [0, 0.05) is 0 Å². The summed E-state index contributed by atoms with van der Waals surface area (Å²) in [5, 5.41) is 0. The molecule has 2 unspecified atom stereocenters. The Kier molecular flexibility index (Phi) is 22.2. The maximum absolute atomic E-state index is 2.47. The second-order valence-corrected chi connectivity index (χ2v) is 10.4. The van der Waals surface area contributed by atoms with E-state index >= 15 is 0 Å². The van der Waals surface area contributed by atoms with Crippen LogP contribution in [0.4, 0.5) is 0 Å². The van der Waals surface area contributed by atoms with Crippen LogP contribution in [0.1, 0.15) is 170 Å². The third-order valence-electron chi connectivity index (χ3n) is 7.95. The molecule has 0 N–H and O–H groups in total. The Balaban J connectivity index is 5.41. The molecule has 182 valence electrons. The fraction of sp³-hybridized carbons (Fsp3) is 1.00. The molecule has 0 aromatic rings. The van der Waals surface area contributed by atoms with Crippen molar-refractivity contribution in [3.8, 4) is 0 Å². The summed E-state index contributed by atoms with van der Waals surface area (Å²) in [7, 11) is 0. The zero-order chi connectivity index (χ0) is 22.5. The SMILES string of the molecule is CCCCCCCC(C(CCCCC)CCCCC)C(CCCCC)C(CC)CC. The zero-order valence-electron chi connectivity index (χ0n) is 22.5. The molecule has 0 aromatic carbocycles. The van der Waals surface area contributed by atoms with Crippen molar-refractivity contribution in [2.24, 2.45) is 23.7 Å². The molecule has 0 rings (SSSR count). The molecule has 0 nitrogen and oxygen atoms in total. The molecule has 0 bridgehead atoms. The van der Waals surface area contributed by atoms with Gasteiger partial charge in [0.2, 0.25) is 0 Å². The summed E-state index contributed by atoms with van der Waals surface area (Å²) < 4.78 is 0. The highest BCUT2D eigenvalue weighted by Gasteiger charge is 2.32. The summed E-state index contributed by atoms with van der Waals surface area (Å²) in [5.41, 5.74) is 0. The van der Waals surface area contributed by atoms with Gasteiger partial charge in [0.05, 0.1) is 0 Å². The van der Waals surface area contributed by atoms with Crippen molar-refractivity contribution < 1.29 is 0 Å². The molecular formula is C30H62. The molecule has 0 aliphatic rings. The van der Waals surface area contributed by atoms with Crippen molar-refractivity contribution >= 4 is 0 Å². The lowest BCUT2D eigenvalue weighted by atomic mass is 9.66. The lowest BCUT2D eigenvalue weighted by Gasteiger charge is -2.39. The third-order valence-corrected chi connectivity index (χ3v) is 7.95. The summed E-state index contributed by atoms with van der Waals surface area (Å²) in [6.45, 7) is 14.4. The van der Waals surface area contributed by atoms with Crippen LogP contribution in [-0.2, 0) is 0 Å². The van der Waals surface area contributed by atoms with E-state index in [-0.39, 0.29) is 0 Å². The third kappa shape index (κ3) is 14.1. The average molecular weight is 423 g/mol. The van der Waals surface area contributed by atoms with Crippen molar-refractivity contribution in [3.63, 3.8) is 0 Å². The van der Waals surface area contributed by atoms with E-state index in [1.165, 1.54) is 128 Å². The van der Waals surface area contributed by atoms with Crippen LogP contribution in [0.15, 0.2) is 0 Å². The highest BCUT2D eigenvalue weighted by molar-refractivity contribution is 4.82. The van der Waals surface area contributed by atoms with Gasteiger partial charge in [-0.1, -0.05) is 157 Å². The monoisotopic (exact) mass is 422 g/mol. The predicted octanol–water partition coefficient (Wildman–Crippen LogP) is 11.4. The molecule has 0 heteroatoms. The van der Waals surface area contributed by atoms with Gasteiger partial charge in [0.15, 0.2) is 0 Å². The first-order valence-corrected chi connectivity index (χ1v) is 14.7. The van der Waals surface area contributed by atoms with Gasteiger partial charge in [0.25, 0.3) is 0 Å². The van der Waals surface area contributed by atoms with Gasteiger partial charge < -0.3 is 0 Å². The van der Waals surface area contributed by atoms with Gasteiger partial charge in [-0.25, -0.2) is 0 Å². The van der Waals surface area contributed by atoms with Gasteiger partial charge in [0.1, 0.15) is 0 Å². The van der Waals surface area contributed by atoms with Crippen molar-refractivity contribution in [3.05, 3.63) is 0 Å². The smallest absolute Gasteiger partial charge is 0.0355 e. The van der Waals surface area contributed by atoms with Gasteiger partial charge in [-0.2, -0.15) is 0 Å². The van der Waals surface area contributed by atoms with Gasteiger partial charge in [-0.3, -0.25) is 0 Å². The van der Waals surface area contributed by atoms with Gasteiger partial charge >= 0.3 is 0 Å². The molecule has 0 aliphatic carbocycles. The van der Waals surface area contributed by atoms with Crippen LogP contribution in [0.25, 0.3) is 0 Å². The van der Waals surface area contributed by atoms with E-state index in [1.54, 1.807) is 0 Å². The Morgan fingerprint density at radius 1 is 0.333 bits per heavy atom. The number of hydrogen-bond donors (Lipinski definition) is 0. The fourth-order valence-corrected chi connectivity index (χ4v) is 5.99. The molecule has 0 heterocycles. The predicted molar refractivity (Wildman–Crippen MR) is 140 cm³/mol. The van der Waals surface area contributed by atoms with Crippen LogP contribution in [-0.4, -0.2) is 0 Å². The topological polar surface area (TPSA) is 0 Å². The van der Waals surface area contributed by atoms with Crippen molar-refractivity contribution in [1.82, 2.24) is 0 Å². The molecule has 0 amide bonds. The van der Waals surface area contributed by atoms with Crippen LogP contribution >= 0.6 is 0 Å².